The number of benzene rings is 1. The highest BCUT2D eigenvalue weighted by atomic mass is 79.9. The van der Waals surface area contributed by atoms with Gasteiger partial charge in [-0.15, -0.1) is 17.9 Å². The second-order valence-electron chi connectivity index (χ2n) is 4.09. The average molecular weight is 348 g/mol. The van der Waals surface area contributed by atoms with Gasteiger partial charge in [-0.3, -0.25) is 4.79 Å². The molecule has 0 unspecified atom stereocenters. The number of nitrogens with one attached hydrogen (secondary N) is 1. The van der Waals surface area contributed by atoms with E-state index in [1.807, 2.05) is 47.9 Å². The molecule has 1 aromatic heterocycles. The summed E-state index contributed by atoms with van der Waals surface area (Å²) in [5.41, 5.74) is 1.66. The molecule has 0 fully saturated rings. The fraction of sp³-hybridized carbons (Fsp3) is 0.0625. The Balaban J connectivity index is 2.33. The standard InChI is InChI=1S/C16H14BrNOS/c1-2-9-18-16(19)14(15-4-3-10-20-15)11-12-5-7-13(17)8-6-12/h2-8,10-11H,1,9H2,(H,18,19). The van der Waals surface area contributed by atoms with Crippen molar-refractivity contribution in [2.45, 2.75) is 0 Å². The maximum Gasteiger partial charge on any atom is 0.252 e. The summed E-state index contributed by atoms with van der Waals surface area (Å²) < 4.78 is 1.02. The summed E-state index contributed by atoms with van der Waals surface area (Å²) in [6.45, 7) is 4.07. The van der Waals surface area contributed by atoms with E-state index in [0.29, 0.717) is 12.1 Å². The van der Waals surface area contributed by atoms with Crippen molar-refractivity contribution in [2.24, 2.45) is 0 Å². The zero-order valence-corrected chi connectivity index (χ0v) is 13.2. The molecule has 1 aromatic carbocycles. The summed E-state index contributed by atoms with van der Waals surface area (Å²) in [5.74, 6) is -0.0877. The van der Waals surface area contributed by atoms with Gasteiger partial charge in [0.25, 0.3) is 5.91 Å². The van der Waals surface area contributed by atoms with Crippen LogP contribution < -0.4 is 5.32 Å². The fourth-order valence-electron chi connectivity index (χ4n) is 1.67. The average Bonchev–Trinajstić information content (AvgIpc) is 2.98. The number of rotatable bonds is 5. The Bertz CT molecular complexity index is 614. The number of hydrogen-bond donors (Lipinski definition) is 1. The monoisotopic (exact) mass is 347 g/mol. The van der Waals surface area contributed by atoms with Gasteiger partial charge < -0.3 is 5.32 Å². The number of hydrogen-bond acceptors (Lipinski definition) is 2. The Kier molecular flexibility index (Phi) is 5.32. The normalized spacial score (nSPS) is 11.2. The van der Waals surface area contributed by atoms with Gasteiger partial charge in [-0.1, -0.05) is 40.2 Å². The first-order valence-corrected chi connectivity index (χ1v) is 7.78. The van der Waals surface area contributed by atoms with Crippen molar-refractivity contribution in [1.29, 1.82) is 0 Å². The summed E-state index contributed by atoms with van der Waals surface area (Å²) in [5, 5.41) is 4.79. The molecule has 0 aliphatic rings. The smallest absolute Gasteiger partial charge is 0.252 e. The van der Waals surface area contributed by atoms with Gasteiger partial charge >= 0.3 is 0 Å². The summed E-state index contributed by atoms with van der Waals surface area (Å²) in [6, 6.07) is 11.7. The van der Waals surface area contributed by atoms with Crippen molar-refractivity contribution in [1.82, 2.24) is 5.32 Å². The Labute approximate surface area is 131 Å². The maximum atomic E-state index is 12.2. The third kappa shape index (κ3) is 3.92. The lowest BCUT2D eigenvalue weighted by molar-refractivity contribution is -0.115. The summed E-state index contributed by atoms with van der Waals surface area (Å²) >= 11 is 4.96. The first kappa shape index (κ1) is 14.8. The Morgan fingerprint density at radius 1 is 1.30 bits per heavy atom. The van der Waals surface area contributed by atoms with Crippen LogP contribution in [0.4, 0.5) is 0 Å². The zero-order chi connectivity index (χ0) is 14.4. The van der Waals surface area contributed by atoms with Crippen LogP contribution in [0.3, 0.4) is 0 Å². The molecule has 2 rings (SSSR count). The van der Waals surface area contributed by atoms with E-state index in [-0.39, 0.29) is 5.91 Å². The van der Waals surface area contributed by atoms with Crippen LogP contribution in [0.15, 0.2) is 58.9 Å². The van der Waals surface area contributed by atoms with Crippen molar-refractivity contribution in [3.63, 3.8) is 0 Å². The molecule has 2 nitrogen and oxygen atoms in total. The van der Waals surface area contributed by atoms with Crippen molar-refractivity contribution in [3.05, 3.63) is 69.3 Å². The second kappa shape index (κ2) is 7.22. The van der Waals surface area contributed by atoms with Crippen LogP contribution in [0, 0.1) is 0 Å². The molecule has 0 radical (unpaired) electrons. The number of thiophene rings is 1. The Morgan fingerprint density at radius 3 is 2.65 bits per heavy atom. The van der Waals surface area contributed by atoms with Crippen LogP contribution in [0.25, 0.3) is 11.6 Å². The first-order chi connectivity index (χ1) is 9.70. The topological polar surface area (TPSA) is 29.1 Å². The lowest BCUT2D eigenvalue weighted by Gasteiger charge is -2.06. The molecule has 0 aliphatic heterocycles. The van der Waals surface area contributed by atoms with E-state index in [4.69, 9.17) is 0 Å². The van der Waals surface area contributed by atoms with Crippen LogP contribution >= 0.6 is 27.3 Å². The maximum absolute atomic E-state index is 12.2. The summed E-state index contributed by atoms with van der Waals surface area (Å²) in [7, 11) is 0. The van der Waals surface area contributed by atoms with Gasteiger partial charge in [-0.2, -0.15) is 0 Å². The van der Waals surface area contributed by atoms with Gasteiger partial charge in [-0.05, 0) is 35.2 Å². The van der Waals surface area contributed by atoms with Gasteiger partial charge in [0.2, 0.25) is 0 Å². The number of carbonyl (C=O) groups is 1. The van der Waals surface area contributed by atoms with Crippen molar-refractivity contribution in [2.75, 3.05) is 6.54 Å². The van der Waals surface area contributed by atoms with Crippen molar-refractivity contribution < 1.29 is 4.79 Å². The van der Waals surface area contributed by atoms with Crippen molar-refractivity contribution in [3.8, 4) is 0 Å². The van der Waals surface area contributed by atoms with Crippen LogP contribution in [0.1, 0.15) is 10.4 Å². The molecule has 2 aromatic rings. The van der Waals surface area contributed by atoms with Gasteiger partial charge in [0.15, 0.2) is 0 Å². The lowest BCUT2D eigenvalue weighted by Crippen LogP contribution is -2.23. The zero-order valence-electron chi connectivity index (χ0n) is 10.8. The molecule has 102 valence electrons. The molecular formula is C16H14BrNOS. The highest BCUT2D eigenvalue weighted by Gasteiger charge is 2.12. The van der Waals surface area contributed by atoms with E-state index in [0.717, 1.165) is 14.9 Å². The van der Waals surface area contributed by atoms with E-state index in [9.17, 15) is 4.79 Å². The number of amides is 1. The Morgan fingerprint density at radius 2 is 2.05 bits per heavy atom. The molecule has 4 heteroatoms. The van der Waals surface area contributed by atoms with Crippen LogP contribution in [-0.4, -0.2) is 12.5 Å². The molecule has 1 heterocycles. The van der Waals surface area contributed by atoms with Gasteiger partial charge in [-0.25, -0.2) is 0 Å². The largest absolute Gasteiger partial charge is 0.349 e. The summed E-state index contributed by atoms with van der Waals surface area (Å²) in [6.07, 6.45) is 3.57. The lowest BCUT2D eigenvalue weighted by atomic mass is 10.1. The van der Waals surface area contributed by atoms with Gasteiger partial charge in [0, 0.05) is 15.9 Å². The molecule has 0 spiro atoms. The highest BCUT2D eigenvalue weighted by molar-refractivity contribution is 9.10. The Hall–Kier alpha value is -1.65. The number of carbonyl (C=O) groups excluding carboxylic acids is 1. The molecule has 0 saturated carbocycles. The van der Waals surface area contributed by atoms with Crippen molar-refractivity contribution >= 4 is 44.8 Å². The molecule has 1 amide bonds. The van der Waals surface area contributed by atoms with E-state index in [2.05, 4.69) is 27.8 Å². The molecule has 0 aliphatic carbocycles. The molecule has 0 saturated heterocycles. The molecule has 0 bridgehead atoms. The minimum atomic E-state index is -0.0877. The molecule has 20 heavy (non-hydrogen) atoms. The first-order valence-electron chi connectivity index (χ1n) is 6.11. The fourth-order valence-corrected chi connectivity index (χ4v) is 2.67. The molecule has 1 N–H and O–H groups in total. The van der Waals surface area contributed by atoms with Crippen LogP contribution in [-0.2, 0) is 4.79 Å². The molecule has 0 atom stereocenters. The predicted octanol–water partition coefficient (Wildman–Crippen LogP) is 4.35. The SMILES string of the molecule is C=CCNC(=O)C(=Cc1ccc(Br)cc1)c1cccs1. The van der Waals surface area contributed by atoms with E-state index in [1.54, 1.807) is 17.4 Å². The number of halogens is 1. The van der Waals surface area contributed by atoms with Crippen LogP contribution in [0.2, 0.25) is 0 Å². The van der Waals surface area contributed by atoms with E-state index < -0.39 is 0 Å². The van der Waals surface area contributed by atoms with Crippen LogP contribution in [0.5, 0.6) is 0 Å². The van der Waals surface area contributed by atoms with Gasteiger partial charge in [0.1, 0.15) is 0 Å². The third-order valence-electron chi connectivity index (χ3n) is 2.62. The minimum absolute atomic E-state index is 0.0877. The van der Waals surface area contributed by atoms with E-state index >= 15 is 0 Å². The second-order valence-corrected chi connectivity index (χ2v) is 5.95. The highest BCUT2D eigenvalue weighted by Crippen LogP contribution is 2.23. The summed E-state index contributed by atoms with van der Waals surface area (Å²) in [4.78, 5) is 13.2. The third-order valence-corrected chi connectivity index (χ3v) is 4.05. The minimum Gasteiger partial charge on any atom is -0.349 e. The predicted molar refractivity (Wildman–Crippen MR) is 89.5 cm³/mol. The van der Waals surface area contributed by atoms with E-state index in [1.165, 1.54) is 0 Å². The molecular weight excluding hydrogens is 334 g/mol. The van der Waals surface area contributed by atoms with Gasteiger partial charge in [0.05, 0.1) is 5.57 Å². The quantitative estimate of drug-likeness (QED) is 0.632.